The second-order valence-electron chi connectivity index (χ2n) is 8.74. The largest absolute Gasteiger partial charge is 0.390 e. The number of nitro groups is 1. The Morgan fingerprint density at radius 2 is 1.97 bits per heavy atom. The Morgan fingerprint density at radius 3 is 2.48 bits per heavy atom. The Labute approximate surface area is 167 Å². The number of hydrogen-bond donors (Lipinski definition) is 2. The van der Waals surface area contributed by atoms with Crippen LogP contribution in [0.5, 0.6) is 0 Å². The van der Waals surface area contributed by atoms with Gasteiger partial charge < -0.3 is 21.0 Å². The van der Waals surface area contributed by atoms with Crippen molar-refractivity contribution in [2.75, 3.05) is 5.73 Å². The molecule has 0 saturated heterocycles. The summed E-state index contributed by atoms with van der Waals surface area (Å²) in [6.45, 7) is 3.78. The van der Waals surface area contributed by atoms with Crippen LogP contribution in [-0.2, 0) is 12.6 Å². The molecule has 156 valence electrons. The minimum atomic E-state index is -1.14. The van der Waals surface area contributed by atoms with E-state index < -0.39 is 10.5 Å². The molecule has 2 aromatic rings. The number of carbonyl (C=O) groups excluding carboxylic acids is 1. The molecule has 0 radical (unpaired) electrons. The summed E-state index contributed by atoms with van der Waals surface area (Å²) >= 11 is 0. The average Bonchev–Trinajstić information content (AvgIpc) is 3.36. The SMILES string of the molecule is CC(C)n1nc([N+](=O)[O-])cc1C1(O)CC2CC(c3nn(C)c(N)c3C=O)CC2C1. The number of carbonyl (C=O) groups is 1. The molecule has 29 heavy (non-hydrogen) atoms. The van der Waals surface area contributed by atoms with Gasteiger partial charge in [0.05, 0.1) is 34.2 Å². The van der Waals surface area contributed by atoms with E-state index in [1.807, 2.05) is 13.8 Å². The molecule has 2 unspecified atom stereocenters. The lowest BCUT2D eigenvalue weighted by Gasteiger charge is -2.25. The van der Waals surface area contributed by atoms with Gasteiger partial charge in [-0.25, -0.2) is 0 Å². The monoisotopic (exact) mass is 402 g/mol. The van der Waals surface area contributed by atoms with Gasteiger partial charge in [0.15, 0.2) is 6.29 Å². The first kappa shape index (κ1) is 19.6. The van der Waals surface area contributed by atoms with Crippen molar-refractivity contribution >= 4 is 17.9 Å². The van der Waals surface area contributed by atoms with Crippen LogP contribution in [0.4, 0.5) is 11.6 Å². The highest BCUT2D eigenvalue weighted by molar-refractivity contribution is 5.83. The molecule has 10 nitrogen and oxygen atoms in total. The molecule has 2 aromatic heterocycles. The quantitative estimate of drug-likeness (QED) is 0.444. The first-order chi connectivity index (χ1) is 13.6. The Kier molecular flexibility index (Phi) is 4.49. The Morgan fingerprint density at radius 1 is 1.34 bits per heavy atom. The number of nitrogens with zero attached hydrogens (tertiary/aromatic N) is 5. The Hall–Kier alpha value is -2.75. The van der Waals surface area contributed by atoms with E-state index in [-0.39, 0.29) is 29.6 Å². The van der Waals surface area contributed by atoms with Gasteiger partial charge in [-0.15, -0.1) is 0 Å². The predicted octanol–water partition coefficient (Wildman–Crippen LogP) is 2.29. The first-order valence-corrected chi connectivity index (χ1v) is 9.89. The summed E-state index contributed by atoms with van der Waals surface area (Å²) in [5.74, 6) is 0.764. The third-order valence-electron chi connectivity index (χ3n) is 6.58. The molecule has 0 aromatic carbocycles. The average molecular weight is 402 g/mol. The van der Waals surface area contributed by atoms with Crippen molar-refractivity contribution < 1.29 is 14.8 Å². The van der Waals surface area contributed by atoms with Gasteiger partial charge in [-0.3, -0.25) is 9.48 Å². The lowest BCUT2D eigenvalue weighted by atomic mass is 9.89. The molecule has 0 spiro atoms. The van der Waals surface area contributed by atoms with Crippen LogP contribution in [0, 0.1) is 22.0 Å². The van der Waals surface area contributed by atoms with Gasteiger partial charge in [0.25, 0.3) is 0 Å². The van der Waals surface area contributed by atoms with Crippen molar-refractivity contribution in [3.05, 3.63) is 33.1 Å². The van der Waals surface area contributed by atoms with E-state index in [0.29, 0.717) is 29.9 Å². The number of nitrogens with two attached hydrogens (primary N) is 1. The number of fused-ring (bicyclic) bond motifs is 1. The van der Waals surface area contributed by atoms with Gasteiger partial charge in [-0.2, -0.15) is 9.78 Å². The second-order valence-corrected chi connectivity index (χ2v) is 8.74. The van der Waals surface area contributed by atoms with Gasteiger partial charge in [0.1, 0.15) is 11.4 Å². The van der Waals surface area contributed by atoms with Crippen LogP contribution < -0.4 is 5.73 Å². The number of anilines is 1. The third kappa shape index (κ3) is 3.02. The van der Waals surface area contributed by atoms with Crippen LogP contribution in [-0.4, -0.2) is 35.9 Å². The van der Waals surface area contributed by atoms with Gasteiger partial charge in [0.2, 0.25) is 0 Å². The van der Waals surface area contributed by atoms with E-state index in [2.05, 4.69) is 10.2 Å². The van der Waals surface area contributed by atoms with Crippen molar-refractivity contribution in [2.24, 2.45) is 18.9 Å². The molecule has 2 heterocycles. The normalized spacial score (nSPS) is 28.8. The molecular formula is C19H26N6O4. The number of aromatic nitrogens is 4. The summed E-state index contributed by atoms with van der Waals surface area (Å²) in [6.07, 6.45) is 3.41. The van der Waals surface area contributed by atoms with E-state index in [0.717, 1.165) is 24.8 Å². The standard InChI is InChI=1S/C19H26N6O4/c1-10(2)24-15(6-16(21-24)25(28)29)19(27)7-12-4-11(5-13(12)8-19)17-14(9-26)18(20)23(3)22-17/h6,9-13,27H,4-5,7-8,20H2,1-3H3. The molecule has 2 saturated carbocycles. The summed E-state index contributed by atoms with van der Waals surface area (Å²) in [4.78, 5) is 22.1. The fraction of sp³-hybridized carbons (Fsp3) is 0.632. The van der Waals surface area contributed by atoms with Crippen LogP contribution in [0.1, 0.15) is 73.2 Å². The number of nitrogen functional groups attached to an aromatic ring is 1. The van der Waals surface area contributed by atoms with E-state index in [4.69, 9.17) is 5.73 Å². The fourth-order valence-corrected chi connectivity index (χ4v) is 5.30. The third-order valence-corrected chi connectivity index (χ3v) is 6.58. The summed E-state index contributed by atoms with van der Waals surface area (Å²) < 4.78 is 3.10. The van der Waals surface area contributed by atoms with Gasteiger partial charge in [0, 0.05) is 13.0 Å². The highest BCUT2D eigenvalue weighted by Gasteiger charge is 2.52. The maximum atomic E-state index is 11.5. The number of hydrogen-bond acceptors (Lipinski definition) is 7. The number of aldehydes is 1. The number of aryl methyl sites for hydroxylation is 1. The molecule has 2 aliphatic rings. The van der Waals surface area contributed by atoms with Crippen molar-refractivity contribution in [3.8, 4) is 0 Å². The van der Waals surface area contributed by atoms with Gasteiger partial charge in [-0.05, 0) is 56.3 Å². The van der Waals surface area contributed by atoms with E-state index in [9.17, 15) is 20.0 Å². The zero-order chi connectivity index (χ0) is 21.1. The van der Waals surface area contributed by atoms with E-state index in [1.54, 1.807) is 11.7 Å². The molecule has 2 aliphatic carbocycles. The zero-order valence-electron chi connectivity index (χ0n) is 16.8. The van der Waals surface area contributed by atoms with E-state index >= 15 is 0 Å². The molecule has 3 N–H and O–H groups in total. The van der Waals surface area contributed by atoms with Crippen LogP contribution in [0.3, 0.4) is 0 Å². The lowest BCUT2D eigenvalue weighted by molar-refractivity contribution is -0.389. The number of rotatable bonds is 5. The minimum Gasteiger partial charge on any atom is -0.383 e. The Balaban J connectivity index is 1.59. The molecule has 10 heteroatoms. The lowest BCUT2D eigenvalue weighted by Crippen LogP contribution is -2.28. The zero-order valence-corrected chi connectivity index (χ0v) is 16.8. The highest BCUT2D eigenvalue weighted by Crippen LogP contribution is 2.57. The molecular weight excluding hydrogens is 376 g/mol. The predicted molar refractivity (Wildman–Crippen MR) is 104 cm³/mol. The molecule has 2 fully saturated rings. The van der Waals surface area contributed by atoms with Crippen LogP contribution >= 0.6 is 0 Å². The van der Waals surface area contributed by atoms with Crippen LogP contribution in [0.2, 0.25) is 0 Å². The maximum Gasteiger partial charge on any atom is 0.390 e. The summed E-state index contributed by atoms with van der Waals surface area (Å²) in [5.41, 5.74) is 6.53. The summed E-state index contributed by atoms with van der Waals surface area (Å²) in [6, 6.07) is 1.31. The van der Waals surface area contributed by atoms with Crippen molar-refractivity contribution in [1.29, 1.82) is 0 Å². The van der Waals surface area contributed by atoms with Crippen LogP contribution in [0.25, 0.3) is 0 Å². The minimum absolute atomic E-state index is 0.0949. The van der Waals surface area contributed by atoms with E-state index in [1.165, 1.54) is 10.7 Å². The Bertz CT molecular complexity index is 964. The van der Waals surface area contributed by atoms with Gasteiger partial charge in [-0.1, -0.05) is 0 Å². The summed E-state index contributed by atoms with van der Waals surface area (Å²) in [7, 11) is 1.72. The molecule has 0 amide bonds. The topological polar surface area (TPSA) is 142 Å². The van der Waals surface area contributed by atoms with Gasteiger partial charge >= 0.3 is 5.82 Å². The summed E-state index contributed by atoms with van der Waals surface area (Å²) in [5, 5.41) is 31.2. The fourth-order valence-electron chi connectivity index (χ4n) is 5.30. The number of aliphatic hydroxyl groups is 1. The van der Waals surface area contributed by atoms with Crippen LogP contribution in [0.15, 0.2) is 6.07 Å². The van der Waals surface area contributed by atoms with Crippen molar-refractivity contribution in [3.63, 3.8) is 0 Å². The smallest absolute Gasteiger partial charge is 0.383 e. The second kappa shape index (κ2) is 6.65. The highest BCUT2D eigenvalue weighted by atomic mass is 16.6. The van der Waals surface area contributed by atoms with Crippen molar-refractivity contribution in [1.82, 2.24) is 19.6 Å². The molecule has 2 atom stereocenters. The molecule has 0 bridgehead atoms. The molecule has 4 rings (SSSR count). The maximum absolute atomic E-state index is 11.5. The van der Waals surface area contributed by atoms with Crippen molar-refractivity contribution in [2.45, 2.75) is 57.1 Å². The first-order valence-electron chi connectivity index (χ1n) is 9.89. The molecule has 0 aliphatic heterocycles.